The van der Waals surface area contributed by atoms with E-state index in [1.54, 1.807) is 0 Å². The zero-order chi connectivity index (χ0) is 12.3. The summed E-state index contributed by atoms with van der Waals surface area (Å²) in [5, 5.41) is 6.74. The summed E-state index contributed by atoms with van der Waals surface area (Å²) in [6.07, 6.45) is 1.36. The van der Waals surface area contributed by atoms with E-state index in [1.807, 2.05) is 13.0 Å². The first kappa shape index (κ1) is 11.5. The lowest BCUT2D eigenvalue weighted by molar-refractivity contribution is 0.428. The third-order valence-electron chi connectivity index (χ3n) is 2.10. The van der Waals surface area contributed by atoms with Gasteiger partial charge in [-0.2, -0.15) is 4.98 Å². The van der Waals surface area contributed by atoms with E-state index in [4.69, 9.17) is 4.52 Å². The number of aryl methyl sites for hydroxylation is 1. The highest BCUT2D eigenvalue weighted by atomic mass is 16.5. The number of anilines is 1. The van der Waals surface area contributed by atoms with Crippen molar-refractivity contribution in [1.29, 1.82) is 0 Å². The number of aromatic nitrogens is 4. The van der Waals surface area contributed by atoms with Crippen LogP contribution in [0.15, 0.2) is 16.9 Å². The molecule has 0 radical (unpaired) electrons. The lowest BCUT2D eigenvalue weighted by atomic mass is 10.2. The average molecular weight is 233 g/mol. The van der Waals surface area contributed by atoms with Crippen molar-refractivity contribution in [1.82, 2.24) is 20.1 Å². The minimum Gasteiger partial charge on any atom is -0.354 e. The minimum absolute atomic E-state index is 0.406. The molecule has 0 spiro atoms. The summed E-state index contributed by atoms with van der Waals surface area (Å²) in [7, 11) is 0. The topological polar surface area (TPSA) is 76.7 Å². The molecular formula is C11H15N5O. The van der Waals surface area contributed by atoms with Crippen LogP contribution >= 0.6 is 0 Å². The van der Waals surface area contributed by atoms with E-state index < -0.39 is 0 Å². The normalized spacial score (nSPS) is 10.8. The van der Waals surface area contributed by atoms with Gasteiger partial charge in [0.25, 0.3) is 5.89 Å². The van der Waals surface area contributed by atoms with E-state index in [-0.39, 0.29) is 0 Å². The smallest absolute Gasteiger partial charge is 0.276 e. The molecule has 0 fully saturated rings. The number of nitrogens with one attached hydrogen (secondary N) is 1. The number of hydrogen-bond acceptors (Lipinski definition) is 6. The molecule has 0 aliphatic carbocycles. The molecule has 90 valence electrons. The molecule has 0 aliphatic heterocycles. The minimum atomic E-state index is 0.406. The Morgan fingerprint density at radius 3 is 2.82 bits per heavy atom. The summed E-state index contributed by atoms with van der Waals surface area (Å²) in [6.45, 7) is 6.98. The number of hydrogen-bond donors (Lipinski definition) is 1. The van der Waals surface area contributed by atoms with Gasteiger partial charge in [-0.3, -0.25) is 0 Å². The summed E-state index contributed by atoms with van der Waals surface area (Å²) < 4.78 is 4.98. The Morgan fingerprint density at radius 1 is 1.35 bits per heavy atom. The quantitative estimate of drug-likeness (QED) is 0.869. The fourth-order valence-corrected chi connectivity index (χ4v) is 1.34. The first-order valence-corrected chi connectivity index (χ1v) is 5.51. The molecule has 2 aromatic heterocycles. The van der Waals surface area contributed by atoms with Gasteiger partial charge in [-0.25, -0.2) is 9.97 Å². The molecule has 6 heteroatoms. The van der Waals surface area contributed by atoms with E-state index >= 15 is 0 Å². The second-order valence-electron chi connectivity index (χ2n) is 4.24. The van der Waals surface area contributed by atoms with Crippen LogP contribution in [0.1, 0.15) is 19.5 Å². The molecule has 0 unspecified atom stereocenters. The molecule has 0 bridgehead atoms. The summed E-state index contributed by atoms with van der Waals surface area (Å²) >= 11 is 0. The van der Waals surface area contributed by atoms with Gasteiger partial charge in [0.1, 0.15) is 5.69 Å². The monoisotopic (exact) mass is 233 g/mol. The average Bonchev–Trinajstić information content (AvgIpc) is 2.79. The van der Waals surface area contributed by atoms with Gasteiger partial charge >= 0.3 is 0 Å². The Balaban J connectivity index is 2.24. The van der Waals surface area contributed by atoms with Crippen molar-refractivity contribution in [2.24, 2.45) is 5.92 Å². The van der Waals surface area contributed by atoms with E-state index in [9.17, 15) is 0 Å². The van der Waals surface area contributed by atoms with Crippen molar-refractivity contribution in [3.05, 3.63) is 18.1 Å². The van der Waals surface area contributed by atoms with Crippen molar-refractivity contribution in [2.75, 3.05) is 11.9 Å². The van der Waals surface area contributed by atoms with Crippen LogP contribution in [0.2, 0.25) is 0 Å². The highest BCUT2D eigenvalue weighted by Gasteiger charge is 2.09. The summed E-state index contributed by atoms with van der Waals surface area (Å²) in [4.78, 5) is 12.6. The highest BCUT2D eigenvalue weighted by Crippen LogP contribution is 2.16. The van der Waals surface area contributed by atoms with Crippen molar-refractivity contribution in [3.8, 4) is 11.6 Å². The van der Waals surface area contributed by atoms with Crippen LogP contribution in [-0.4, -0.2) is 26.7 Å². The van der Waals surface area contributed by atoms with E-state index in [2.05, 4.69) is 39.3 Å². The van der Waals surface area contributed by atoms with Crippen LogP contribution in [0.3, 0.4) is 0 Å². The number of nitrogens with zero attached hydrogens (tertiary/aromatic N) is 4. The predicted octanol–water partition coefficient (Wildman–Crippen LogP) is 1.90. The maximum Gasteiger partial charge on any atom is 0.276 e. The molecule has 17 heavy (non-hydrogen) atoms. The summed E-state index contributed by atoms with van der Waals surface area (Å²) in [5.41, 5.74) is 1.50. The van der Waals surface area contributed by atoms with Gasteiger partial charge in [0.15, 0.2) is 6.33 Å². The SMILES string of the molecule is Cc1cc(-c2ncno2)nc(NCC(C)C)n1. The van der Waals surface area contributed by atoms with Gasteiger partial charge in [0.2, 0.25) is 5.95 Å². The largest absolute Gasteiger partial charge is 0.354 e. The third kappa shape index (κ3) is 2.99. The van der Waals surface area contributed by atoms with Crippen LogP contribution in [0.4, 0.5) is 5.95 Å². The van der Waals surface area contributed by atoms with Gasteiger partial charge in [-0.15, -0.1) is 0 Å². The number of rotatable bonds is 4. The van der Waals surface area contributed by atoms with Gasteiger partial charge in [0.05, 0.1) is 0 Å². The Hall–Kier alpha value is -1.98. The molecule has 0 amide bonds. The Morgan fingerprint density at radius 2 is 2.18 bits per heavy atom. The molecule has 1 N–H and O–H groups in total. The van der Waals surface area contributed by atoms with Crippen LogP contribution in [0, 0.1) is 12.8 Å². The molecule has 0 saturated heterocycles. The molecule has 2 aromatic rings. The van der Waals surface area contributed by atoms with E-state index in [0.29, 0.717) is 23.5 Å². The molecule has 0 aliphatic rings. The maximum atomic E-state index is 4.98. The van der Waals surface area contributed by atoms with Gasteiger partial charge in [0, 0.05) is 12.2 Å². The Bertz CT molecular complexity index is 481. The predicted molar refractivity (Wildman–Crippen MR) is 63.4 cm³/mol. The van der Waals surface area contributed by atoms with Crippen molar-refractivity contribution in [3.63, 3.8) is 0 Å². The van der Waals surface area contributed by atoms with Crippen molar-refractivity contribution >= 4 is 5.95 Å². The fourth-order valence-electron chi connectivity index (χ4n) is 1.34. The summed E-state index contributed by atoms with van der Waals surface area (Å²) in [5.74, 6) is 1.53. The molecule has 2 heterocycles. The molecular weight excluding hydrogens is 218 g/mol. The fraction of sp³-hybridized carbons (Fsp3) is 0.455. The van der Waals surface area contributed by atoms with Crippen LogP contribution in [0.5, 0.6) is 0 Å². The third-order valence-corrected chi connectivity index (χ3v) is 2.10. The van der Waals surface area contributed by atoms with Crippen molar-refractivity contribution < 1.29 is 4.52 Å². The molecule has 6 nitrogen and oxygen atoms in total. The Labute approximate surface area is 99.5 Å². The van der Waals surface area contributed by atoms with Crippen molar-refractivity contribution in [2.45, 2.75) is 20.8 Å². The lowest BCUT2D eigenvalue weighted by Gasteiger charge is -2.08. The van der Waals surface area contributed by atoms with E-state index in [1.165, 1.54) is 6.33 Å². The molecule has 0 atom stereocenters. The van der Waals surface area contributed by atoms with Crippen LogP contribution in [0.25, 0.3) is 11.6 Å². The van der Waals surface area contributed by atoms with E-state index in [0.717, 1.165) is 12.2 Å². The molecule has 0 aromatic carbocycles. The van der Waals surface area contributed by atoms with Gasteiger partial charge in [-0.1, -0.05) is 19.0 Å². The highest BCUT2D eigenvalue weighted by molar-refractivity contribution is 5.49. The second kappa shape index (κ2) is 4.90. The molecule has 2 rings (SSSR count). The van der Waals surface area contributed by atoms with Crippen LogP contribution in [-0.2, 0) is 0 Å². The summed E-state index contributed by atoms with van der Waals surface area (Å²) in [6, 6.07) is 1.81. The first-order valence-electron chi connectivity index (χ1n) is 5.51. The first-order chi connectivity index (χ1) is 8.15. The Kier molecular flexibility index (Phi) is 3.32. The standard InChI is InChI=1S/C11H15N5O/c1-7(2)5-12-11-15-8(3)4-9(16-11)10-13-6-14-17-10/h4,6-7H,5H2,1-3H3,(H,12,15,16). The zero-order valence-electron chi connectivity index (χ0n) is 10.1. The zero-order valence-corrected chi connectivity index (χ0v) is 10.1. The van der Waals surface area contributed by atoms with Gasteiger partial charge < -0.3 is 9.84 Å². The maximum absolute atomic E-state index is 4.98. The van der Waals surface area contributed by atoms with Gasteiger partial charge in [-0.05, 0) is 18.9 Å². The molecule has 0 saturated carbocycles. The van der Waals surface area contributed by atoms with Crippen LogP contribution < -0.4 is 5.32 Å². The lowest BCUT2D eigenvalue weighted by Crippen LogP contribution is -2.11. The second-order valence-corrected chi connectivity index (χ2v) is 4.24.